The molecular formula is C15H21NO4. The fourth-order valence-corrected chi connectivity index (χ4v) is 1.72. The van der Waals surface area contributed by atoms with Gasteiger partial charge < -0.3 is 15.2 Å². The molecule has 5 nitrogen and oxygen atoms in total. The van der Waals surface area contributed by atoms with Gasteiger partial charge in [0.1, 0.15) is 11.7 Å². The first-order chi connectivity index (χ1) is 9.27. The minimum atomic E-state index is -1.12. The summed E-state index contributed by atoms with van der Waals surface area (Å²) in [5.74, 6) is -1.90. The summed E-state index contributed by atoms with van der Waals surface area (Å²) in [6.07, 6.45) is 0. The molecule has 20 heavy (non-hydrogen) atoms. The minimum Gasteiger partial charge on any atom is -0.497 e. The number of carboxylic acids is 1. The summed E-state index contributed by atoms with van der Waals surface area (Å²) in [6.45, 7) is 5.69. The van der Waals surface area contributed by atoms with Crippen LogP contribution in [0.4, 0.5) is 0 Å². The Bertz CT molecular complexity index is 496. The van der Waals surface area contributed by atoms with E-state index in [2.05, 4.69) is 5.32 Å². The van der Waals surface area contributed by atoms with Crippen LogP contribution in [0, 0.1) is 5.92 Å². The highest BCUT2D eigenvalue weighted by atomic mass is 16.5. The van der Waals surface area contributed by atoms with Gasteiger partial charge in [0.2, 0.25) is 5.91 Å². The van der Waals surface area contributed by atoms with Crippen LogP contribution in [0.5, 0.6) is 5.75 Å². The van der Waals surface area contributed by atoms with Gasteiger partial charge in [0.15, 0.2) is 0 Å². The Morgan fingerprint density at radius 2 is 2.05 bits per heavy atom. The van der Waals surface area contributed by atoms with Gasteiger partial charge in [0.25, 0.3) is 0 Å². The normalized spacial score (nSPS) is 12.6. The molecule has 0 bridgehead atoms. The molecule has 0 saturated carbocycles. The molecule has 110 valence electrons. The second-order valence-electron chi connectivity index (χ2n) is 5.39. The largest absolute Gasteiger partial charge is 0.497 e. The van der Waals surface area contributed by atoms with Crippen LogP contribution in [0.15, 0.2) is 24.3 Å². The Balaban J connectivity index is 2.74. The van der Waals surface area contributed by atoms with Crippen LogP contribution in [-0.2, 0) is 15.0 Å². The zero-order valence-electron chi connectivity index (χ0n) is 12.3. The van der Waals surface area contributed by atoms with E-state index in [1.54, 1.807) is 7.11 Å². The highest BCUT2D eigenvalue weighted by molar-refractivity contribution is 5.96. The van der Waals surface area contributed by atoms with Crippen molar-refractivity contribution in [3.63, 3.8) is 0 Å². The van der Waals surface area contributed by atoms with E-state index in [4.69, 9.17) is 9.84 Å². The Morgan fingerprint density at radius 3 is 2.60 bits per heavy atom. The molecule has 1 aromatic rings. The number of hydrogen-bond acceptors (Lipinski definition) is 3. The molecule has 0 aliphatic carbocycles. The summed E-state index contributed by atoms with van der Waals surface area (Å²) in [7, 11) is 1.60. The number of carboxylic acid groups (broad SMARTS) is 1. The first-order valence-electron chi connectivity index (χ1n) is 6.43. The van der Waals surface area contributed by atoms with Crippen molar-refractivity contribution in [2.24, 2.45) is 5.92 Å². The summed E-state index contributed by atoms with van der Waals surface area (Å²) in [4.78, 5) is 22.4. The van der Waals surface area contributed by atoms with E-state index >= 15 is 0 Å². The predicted molar refractivity (Wildman–Crippen MR) is 75.8 cm³/mol. The van der Waals surface area contributed by atoms with E-state index in [9.17, 15) is 9.59 Å². The van der Waals surface area contributed by atoms with Gasteiger partial charge in [-0.05, 0) is 24.6 Å². The van der Waals surface area contributed by atoms with Crippen molar-refractivity contribution >= 4 is 11.9 Å². The van der Waals surface area contributed by atoms with Gasteiger partial charge in [-0.15, -0.1) is 0 Å². The molecule has 0 aliphatic rings. The number of carbonyl (C=O) groups excluding carboxylic acids is 1. The Kier molecular flexibility index (Phi) is 5.13. The topological polar surface area (TPSA) is 75.6 Å². The summed E-state index contributed by atoms with van der Waals surface area (Å²) in [5.41, 5.74) is 0.697. The van der Waals surface area contributed by atoms with E-state index in [-0.39, 0.29) is 5.41 Å². The summed E-state index contributed by atoms with van der Waals surface area (Å²) >= 11 is 0. The summed E-state index contributed by atoms with van der Waals surface area (Å²) in [6, 6.07) is 7.60. The fourth-order valence-electron chi connectivity index (χ4n) is 1.72. The molecule has 0 aromatic heterocycles. The number of amides is 1. The summed E-state index contributed by atoms with van der Waals surface area (Å²) < 4.78 is 5.18. The van der Waals surface area contributed by atoms with Crippen molar-refractivity contribution in [3.8, 4) is 5.75 Å². The first-order valence-corrected chi connectivity index (χ1v) is 6.43. The highest BCUT2D eigenvalue weighted by Gasteiger charge is 2.25. The monoisotopic (exact) mass is 279 g/mol. The number of aliphatic carboxylic acids is 1. The average Bonchev–Trinajstić information content (AvgIpc) is 2.43. The smallest absolute Gasteiger partial charge is 0.315 e. The van der Waals surface area contributed by atoms with E-state index < -0.39 is 17.8 Å². The Hall–Kier alpha value is -2.04. The van der Waals surface area contributed by atoms with Crippen molar-refractivity contribution in [2.45, 2.75) is 26.2 Å². The maximum Gasteiger partial charge on any atom is 0.315 e. The van der Waals surface area contributed by atoms with Crippen LogP contribution in [-0.4, -0.2) is 30.6 Å². The van der Waals surface area contributed by atoms with E-state index in [0.29, 0.717) is 6.54 Å². The highest BCUT2D eigenvalue weighted by Crippen LogP contribution is 2.25. The maximum atomic E-state index is 11.7. The van der Waals surface area contributed by atoms with E-state index in [0.717, 1.165) is 11.3 Å². The van der Waals surface area contributed by atoms with Gasteiger partial charge in [-0.2, -0.15) is 0 Å². The van der Waals surface area contributed by atoms with Crippen LogP contribution < -0.4 is 10.1 Å². The molecule has 0 aliphatic heterocycles. The number of carbonyl (C=O) groups is 2. The SMILES string of the molecule is COc1cccc(C(C)(C)CNC(=O)C(C)C(=O)O)c1. The number of hydrogen-bond donors (Lipinski definition) is 2. The lowest BCUT2D eigenvalue weighted by Gasteiger charge is -2.26. The van der Waals surface area contributed by atoms with Gasteiger partial charge in [-0.1, -0.05) is 26.0 Å². The molecule has 0 spiro atoms. The number of nitrogens with one attached hydrogen (secondary N) is 1. The number of methoxy groups -OCH3 is 1. The van der Waals surface area contributed by atoms with Crippen molar-refractivity contribution < 1.29 is 19.4 Å². The molecule has 2 N–H and O–H groups in total. The molecule has 1 unspecified atom stereocenters. The molecule has 1 amide bonds. The van der Waals surface area contributed by atoms with E-state index in [1.807, 2.05) is 38.1 Å². The molecule has 5 heteroatoms. The number of ether oxygens (including phenoxy) is 1. The van der Waals surface area contributed by atoms with Gasteiger partial charge >= 0.3 is 5.97 Å². The third-order valence-electron chi connectivity index (χ3n) is 3.32. The van der Waals surface area contributed by atoms with Gasteiger partial charge in [-0.3, -0.25) is 9.59 Å². The number of benzene rings is 1. The first kappa shape index (κ1) is 16.0. The van der Waals surface area contributed by atoms with Crippen LogP contribution in [0.2, 0.25) is 0 Å². The van der Waals surface area contributed by atoms with Crippen LogP contribution in [0.25, 0.3) is 0 Å². The zero-order chi connectivity index (χ0) is 15.3. The fraction of sp³-hybridized carbons (Fsp3) is 0.467. The van der Waals surface area contributed by atoms with E-state index in [1.165, 1.54) is 6.92 Å². The van der Waals surface area contributed by atoms with Crippen molar-refractivity contribution in [1.82, 2.24) is 5.32 Å². The zero-order valence-corrected chi connectivity index (χ0v) is 12.3. The quantitative estimate of drug-likeness (QED) is 0.779. The molecule has 1 atom stereocenters. The Morgan fingerprint density at radius 1 is 1.40 bits per heavy atom. The predicted octanol–water partition coefficient (Wildman–Crippen LogP) is 1.81. The summed E-state index contributed by atoms with van der Waals surface area (Å²) in [5, 5.41) is 11.5. The van der Waals surface area contributed by atoms with Gasteiger partial charge in [0, 0.05) is 12.0 Å². The lowest BCUT2D eigenvalue weighted by atomic mass is 9.84. The lowest BCUT2D eigenvalue weighted by Crippen LogP contribution is -2.41. The molecule has 1 rings (SSSR count). The van der Waals surface area contributed by atoms with Crippen LogP contribution in [0.1, 0.15) is 26.3 Å². The second kappa shape index (κ2) is 6.41. The van der Waals surface area contributed by atoms with Crippen molar-refractivity contribution in [2.75, 3.05) is 13.7 Å². The molecule has 0 radical (unpaired) electrons. The van der Waals surface area contributed by atoms with Crippen molar-refractivity contribution in [3.05, 3.63) is 29.8 Å². The molecule has 0 saturated heterocycles. The van der Waals surface area contributed by atoms with Crippen molar-refractivity contribution in [1.29, 1.82) is 0 Å². The minimum absolute atomic E-state index is 0.317. The average molecular weight is 279 g/mol. The number of rotatable bonds is 6. The van der Waals surface area contributed by atoms with Gasteiger partial charge in [0.05, 0.1) is 7.11 Å². The maximum absolute atomic E-state index is 11.7. The molecular weight excluding hydrogens is 258 g/mol. The Labute approximate surface area is 118 Å². The molecule has 1 aromatic carbocycles. The molecule has 0 heterocycles. The second-order valence-corrected chi connectivity index (χ2v) is 5.39. The van der Waals surface area contributed by atoms with Crippen LogP contribution in [0.3, 0.4) is 0 Å². The molecule has 0 fully saturated rings. The third-order valence-corrected chi connectivity index (χ3v) is 3.32. The van der Waals surface area contributed by atoms with Gasteiger partial charge in [-0.25, -0.2) is 0 Å². The van der Waals surface area contributed by atoms with Crippen LogP contribution >= 0.6 is 0 Å². The standard InChI is InChI=1S/C15H21NO4/c1-10(14(18)19)13(17)16-9-15(2,3)11-6-5-7-12(8-11)20-4/h5-8,10H,9H2,1-4H3,(H,16,17)(H,18,19). The third kappa shape index (κ3) is 3.98. The lowest BCUT2D eigenvalue weighted by molar-refractivity contribution is -0.146.